The number of rotatable bonds is 3. The molecule has 0 spiro atoms. The van der Waals surface area contributed by atoms with Crippen LogP contribution in [0.15, 0.2) is 42.5 Å². The molecule has 0 atom stereocenters. The van der Waals surface area contributed by atoms with E-state index >= 15 is 0 Å². The second-order valence-corrected chi connectivity index (χ2v) is 4.21. The molecule has 2 rings (SSSR count). The van der Waals surface area contributed by atoms with Gasteiger partial charge in [0.1, 0.15) is 11.5 Å². The molecule has 4 nitrogen and oxygen atoms in total. The van der Waals surface area contributed by atoms with Crippen molar-refractivity contribution in [2.75, 3.05) is 0 Å². The van der Waals surface area contributed by atoms with Crippen molar-refractivity contribution in [1.82, 2.24) is 0 Å². The van der Waals surface area contributed by atoms with E-state index in [9.17, 15) is 23.1 Å². The van der Waals surface area contributed by atoms with Crippen LogP contribution in [0.4, 0.5) is 13.2 Å². The normalized spacial score (nSPS) is 11.2. The summed E-state index contributed by atoms with van der Waals surface area (Å²) in [4.78, 5) is 11.1. The van der Waals surface area contributed by atoms with Crippen molar-refractivity contribution in [3.63, 3.8) is 0 Å². The number of halogens is 3. The first-order valence-electron chi connectivity index (χ1n) is 5.75. The molecule has 2 aromatic rings. The van der Waals surface area contributed by atoms with Crippen molar-refractivity contribution in [3.8, 4) is 22.6 Å². The van der Waals surface area contributed by atoms with Gasteiger partial charge >= 0.3 is 6.36 Å². The van der Waals surface area contributed by atoms with Crippen LogP contribution in [-0.4, -0.2) is 17.4 Å². The zero-order chi connectivity index (χ0) is 15.6. The predicted molar refractivity (Wildman–Crippen MR) is 68.7 cm³/mol. The van der Waals surface area contributed by atoms with E-state index < -0.39 is 23.8 Å². The summed E-state index contributed by atoms with van der Waals surface area (Å²) in [6.07, 6.45) is -4.86. The van der Waals surface area contributed by atoms with Gasteiger partial charge in [0.15, 0.2) is 0 Å². The van der Waals surface area contributed by atoms with Gasteiger partial charge in [0.25, 0.3) is 0 Å². The Kier molecular flexibility index (Phi) is 3.75. The number of hydrogen-bond acceptors (Lipinski definition) is 3. The number of carbonyl (C=O) groups excluding carboxylic acids is 1. The first kappa shape index (κ1) is 14.7. The molecule has 0 fully saturated rings. The SMILES string of the molecule is NC(=O)c1cccc(-c2cc(O)cc(OC(F)(F)F)c2)c1. The number of benzene rings is 2. The zero-order valence-electron chi connectivity index (χ0n) is 10.5. The van der Waals surface area contributed by atoms with Gasteiger partial charge in [-0.1, -0.05) is 12.1 Å². The fraction of sp³-hybridized carbons (Fsp3) is 0.0714. The molecule has 1 amide bonds. The minimum atomic E-state index is -4.86. The summed E-state index contributed by atoms with van der Waals surface area (Å²) in [6, 6.07) is 9.18. The highest BCUT2D eigenvalue weighted by atomic mass is 19.4. The topological polar surface area (TPSA) is 72.6 Å². The lowest BCUT2D eigenvalue weighted by Crippen LogP contribution is -2.17. The maximum absolute atomic E-state index is 12.2. The summed E-state index contributed by atoms with van der Waals surface area (Å²) in [5.41, 5.74) is 6.03. The molecule has 2 aromatic carbocycles. The molecule has 0 saturated carbocycles. The maximum Gasteiger partial charge on any atom is 0.573 e. The average molecular weight is 297 g/mol. The van der Waals surface area contributed by atoms with E-state index in [0.29, 0.717) is 5.56 Å². The Morgan fingerprint density at radius 2 is 1.81 bits per heavy atom. The number of ether oxygens (including phenoxy) is 1. The monoisotopic (exact) mass is 297 g/mol. The summed E-state index contributed by atoms with van der Waals surface area (Å²) in [5, 5.41) is 9.49. The van der Waals surface area contributed by atoms with Gasteiger partial charge in [0.05, 0.1) is 0 Å². The van der Waals surface area contributed by atoms with Crippen LogP contribution < -0.4 is 10.5 Å². The molecule has 0 bridgehead atoms. The van der Waals surface area contributed by atoms with E-state index in [-0.39, 0.29) is 11.1 Å². The van der Waals surface area contributed by atoms with Crippen LogP contribution in [0.5, 0.6) is 11.5 Å². The Hall–Kier alpha value is -2.70. The Morgan fingerprint density at radius 3 is 2.43 bits per heavy atom. The molecule has 0 aliphatic heterocycles. The van der Waals surface area contributed by atoms with Crippen LogP contribution in [-0.2, 0) is 0 Å². The van der Waals surface area contributed by atoms with Gasteiger partial charge in [0.2, 0.25) is 5.91 Å². The van der Waals surface area contributed by atoms with Crippen molar-refractivity contribution in [2.24, 2.45) is 5.73 Å². The molecule has 0 unspecified atom stereocenters. The summed E-state index contributed by atoms with van der Waals surface area (Å²) < 4.78 is 40.4. The molecule has 7 heteroatoms. The number of carbonyl (C=O) groups is 1. The van der Waals surface area contributed by atoms with E-state index in [0.717, 1.165) is 12.1 Å². The van der Waals surface area contributed by atoms with Crippen LogP contribution in [0.25, 0.3) is 11.1 Å². The molecule has 0 aromatic heterocycles. The highest BCUT2D eigenvalue weighted by molar-refractivity contribution is 5.94. The summed E-state index contributed by atoms with van der Waals surface area (Å²) >= 11 is 0. The fourth-order valence-electron chi connectivity index (χ4n) is 1.79. The lowest BCUT2D eigenvalue weighted by molar-refractivity contribution is -0.274. The van der Waals surface area contributed by atoms with Gasteiger partial charge in [-0.25, -0.2) is 0 Å². The van der Waals surface area contributed by atoms with Gasteiger partial charge in [-0.3, -0.25) is 4.79 Å². The smallest absolute Gasteiger partial charge is 0.508 e. The van der Waals surface area contributed by atoms with Crippen LogP contribution in [0.2, 0.25) is 0 Å². The number of primary amides is 1. The number of nitrogens with two attached hydrogens (primary N) is 1. The van der Waals surface area contributed by atoms with Gasteiger partial charge in [-0.2, -0.15) is 0 Å². The fourth-order valence-corrected chi connectivity index (χ4v) is 1.79. The number of phenols is 1. The molecule has 21 heavy (non-hydrogen) atoms. The summed E-state index contributed by atoms with van der Waals surface area (Å²) in [6.45, 7) is 0. The second kappa shape index (κ2) is 5.35. The maximum atomic E-state index is 12.2. The van der Waals surface area contributed by atoms with E-state index in [1.54, 1.807) is 6.07 Å². The van der Waals surface area contributed by atoms with E-state index in [4.69, 9.17) is 5.73 Å². The minimum absolute atomic E-state index is 0.203. The summed E-state index contributed by atoms with van der Waals surface area (Å²) in [7, 11) is 0. The Bertz CT molecular complexity index is 683. The van der Waals surface area contributed by atoms with Crippen LogP contribution >= 0.6 is 0 Å². The highest BCUT2D eigenvalue weighted by Gasteiger charge is 2.31. The molecule has 0 saturated heterocycles. The quantitative estimate of drug-likeness (QED) is 0.914. The third-order valence-corrected chi connectivity index (χ3v) is 2.61. The van der Waals surface area contributed by atoms with E-state index in [1.165, 1.54) is 24.3 Å². The summed E-state index contributed by atoms with van der Waals surface area (Å²) in [5.74, 6) is -1.61. The molecule has 0 radical (unpaired) electrons. The molecule has 0 aliphatic rings. The van der Waals surface area contributed by atoms with Gasteiger partial charge in [0, 0.05) is 11.6 Å². The molecular formula is C14H10F3NO3. The largest absolute Gasteiger partial charge is 0.573 e. The lowest BCUT2D eigenvalue weighted by Gasteiger charge is -2.11. The first-order valence-corrected chi connectivity index (χ1v) is 5.75. The van der Waals surface area contributed by atoms with Crippen LogP contribution in [0, 0.1) is 0 Å². The van der Waals surface area contributed by atoms with Gasteiger partial charge < -0.3 is 15.6 Å². The van der Waals surface area contributed by atoms with Gasteiger partial charge in [-0.05, 0) is 35.4 Å². The second-order valence-electron chi connectivity index (χ2n) is 4.21. The Morgan fingerprint density at radius 1 is 1.10 bits per heavy atom. The predicted octanol–water partition coefficient (Wildman–Crippen LogP) is 3.06. The number of aromatic hydroxyl groups is 1. The third-order valence-electron chi connectivity index (χ3n) is 2.61. The number of phenolic OH excluding ortho intramolecular Hbond substituents is 1. The molecule has 3 N–H and O–H groups in total. The number of alkyl halides is 3. The standard InChI is InChI=1S/C14H10F3NO3/c15-14(16,17)21-12-6-10(5-11(19)7-12)8-2-1-3-9(4-8)13(18)20/h1-7,19H,(H2,18,20). The Labute approximate surface area is 117 Å². The van der Waals surface area contributed by atoms with Crippen molar-refractivity contribution in [2.45, 2.75) is 6.36 Å². The lowest BCUT2D eigenvalue weighted by atomic mass is 10.0. The van der Waals surface area contributed by atoms with Crippen LogP contribution in [0.1, 0.15) is 10.4 Å². The third kappa shape index (κ3) is 3.88. The number of hydrogen-bond donors (Lipinski definition) is 2. The molecule has 0 aliphatic carbocycles. The molecular weight excluding hydrogens is 287 g/mol. The molecule has 110 valence electrons. The van der Waals surface area contributed by atoms with Crippen molar-refractivity contribution < 1.29 is 27.8 Å². The first-order chi connectivity index (χ1) is 9.74. The zero-order valence-corrected chi connectivity index (χ0v) is 10.5. The van der Waals surface area contributed by atoms with Crippen molar-refractivity contribution in [1.29, 1.82) is 0 Å². The number of amides is 1. The van der Waals surface area contributed by atoms with Crippen molar-refractivity contribution in [3.05, 3.63) is 48.0 Å². The Balaban J connectivity index is 2.44. The highest BCUT2D eigenvalue weighted by Crippen LogP contribution is 2.32. The minimum Gasteiger partial charge on any atom is -0.508 e. The van der Waals surface area contributed by atoms with Gasteiger partial charge in [-0.15, -0.1) is 13.2 Å². The average Bonchev–Trinajstić information content (AvgIpc) is 2.36. The van der Waals surface area contributed by atoms with Crippen LogP contribution in [0.3, 0.4) is 0 Å². The van der Waals surface area contributed by atoms with E-state index in [1.807, 2.05) is 0 Å². The van der Waals surface area contributed by atoms with Crippen molar-refractivity contribution >= 4 is 5.91 Å². The van der Waals surface area contributed by atoms with E-state index in [2.05, 4.69) is 4.74 Å². The molecule has 0 heterocycles.